The van der Waals surface area contributed by atoms with Gasteiger partial charge in [0, 0.05) is 18.4 Å². The number of benzene rings is 1. The fourth-order valence-corrected chi connectivity index (χ4v) is 7.44. The van der Waals surface area contributed by atoms with Crippen LogP contribution >= 0.6 is 0 Å². The number of methoxy groups -OCH3 is 1. The second kappa shape index (κ2) is 6.46. The van der Waals surface area contributed by atoms with E-state index in [-0.39, 0.29) is 34.7 Å². The third-order valence-electron chi connectivity index (χ3n) is 8.23. The number of piperidine rings is 1. The molecule has 1 saturated carbocycles. The Morgan fingerprint density at radius 3 is 2.72 bits per heavy atom. The largest absolute Gasteiger partial charge is 0.469 e. The maximum atomic E-state index is 13.1. The number of para-hydroxylation sites is 1. The summed E-state index contributed by atoms with van der Waals surface area (Å²) in [5.41, 5.74) is 2.02. The van der Waals surface area contributed by atoms with E-state index in [0.717, 1.165) is 44.5 Å². The number of hydrogen-bond donors (Lipinski definition) is 0. The number of nitrogens with zero attached hydrogens (tertiary/aromatic N) is 2. The summed E-state index contributed by atoms with van der Waals surface area (Å²) in [5, 5.41) is 1.76. The summed E-state index contributed by atoms with van der Waals surface area (Å²) in [6.45, 7) is 5.84. The smallest absolute Gasteiger partial charge is 0.329 e. The highest BCUT2D eigenvalue weighted by molar-refractivity contribution is 5.79. The molecule has 5 unspecified atom stereocenters. The van der Waals surface area contributed by atoms with E-state index in [1.807, 2.05) is 12.1 Å². The monoisotopic (exact) mass is 398 g/mol. The minimum absolute atomic E-state index is 0.0868. The molecule has 1 spiro atoms. The fourth-order valence-electron chi connectivity index (χ4n) is 7.44. The molecule has 156 valence electrons. The van der Waals surface area contributed by atoms with Crippen LogP contribution in [-0.4, -0.2) is 49.1 Å². The first-order valence-electron chi connectivity index (χ1n) is 10.9. The van der Waals surface area contributed by atoms with Crippen molar-refractivity contribution in [2.24, 2.45) is 11.3 Å². The van der Waals surface area contributed by atoms with Crippen LogP contribution in [0.4, 0.5) is 5.69 Å². The summed E-state index contributed by atoms with van der Waals surface area (Å²) in [7, 11) is 1.47. The molecule has 5 rings (SSSR count). The molecule has 1 aromatic rings. The van der Waals surface area contributed by atoms with Crippen LogP contribution in [0.2, 0.25) is 0 Å². The molecular formula is C23H30N2O4. The summed E-state index contributed by atoms with van der Waals surface area (Å²) in [6.07, 6.45) is 5.13. The van der Waals surface area contributed by atoms with Gasteiger partial charge < -0.3 is 9.57 Å². The molecule has 1 aromatic carbocycles. The Hall–Kier alpha value is -2.08. The van der Waals surface area contributed by atoms with Crippen molar-refractivity contribution in [3.8, 4) is 0 Å². The van der Waals surface area contributed by atoms with Crippen LogP contribution in [0, 0.1) is 11.3 Å². The van der Waals surface area contributed by atoms with Crippen LogP contribution in [0.5, 0.6) is 0 Å². The molecule has 2 saturated heterocycles. The van der Waals surface area contributed by atoms with E-state index >= 15 is 0 Å². The van der Waals surface area contributed by atoms with E-state index in [4.69, 9.17) is 9.57 Å². The van der Waals surface area contributed by atoms with Crippen LogP contribution in [0.1, 0.15) is 51.5 Å². The molecule has 3 heterocycles. The number of hydrogen-bond acceptors (Lipinski definition) is 6. The first-order valence-corrected chi connectivity index (χ1v) is 10.9. The van der Waals surface area contributed by atoms with Crippen molar-refractivity contribution in [1.82, 2.24) is 4.90 Å². The second-order valence-electron chi connectivity index (χ2n) is 9.25. The van der Waals surface area contributed by atoms with Gasteiger partial charge in [-0.25, -0.2) is 5.06 Å². The number of rotatable bonds is 3. The molecule has 3 fully saturated rings. The average molecular weight is 399 g/mol. The van der Waals surface area contributed by atoms with Gasteiger partial charge in [-0.3, -0.25) is 14.5 Å². The number of hydroxylamine groups is 1. The average Bonchev–Trinajstić information content (AvgIpc) is 3.25. The third-order valence-corrected chi connectivity index (χ3v) is 8.23. The van der Waals surface area contributed by atoms with E-state index in [9.17, 15) is 9.59 Å². The van der Waals surface area contributed by atoms with Gasteiger partial charge in [0.1, 0.15) is 0 Å². The highest BCUT2D eigenvalue weighted by Crippen LogP contribution is 2.66. The van der Waals surface area contributed by atoms with Gasteiger partial charge in [-0.05, 0) is 62.2 Å². The van der Waals surface area contributed by atoms with Crippen molar-refractivity contribution < 1.29 is 19.2 Å². The van der Waals surface area contributed by atoms with E-state index in [2.05, 4.69) is 24.0 Å². The lowest BCUT2D eigenvalue weighted by atomic mass is 9.49. The summed E-state index contributed by atoms with van der Waals surface area (Å²) in [6, 6.07) is 8.41. The number of ether oxygens (including phenoxy) is 1. The van der Waals surface area contributed by atoms with Crippen LogP contribution in [0.25, 0.3) is 0 Å². The molecule has 0 aromatic heterocycles. The van der Waals surface area contributed by atoms with Crippen molar-refractivity contribution in [3.05, 3.63) is 29.8 Å². The molecule has 4 aliphatic rings. The molecule has 0 amide bonds. The van der Waals surface area contributed by atoms with Crippen molar-refractivity contribution in [1.29, 1.82) is 0 Å². The minimum Gasteiger partial charge on any atom is -0.469 e. The van der Waals surface area contributed by atoms with E-state index < -0.39 is 0 Å². The predicted octanol–water partition coefficient (Wildman–Crippen LogP) is 3.05. The van der Waals surface area contributed by atoms with Gasteiger partial charge in [0.2, 0.25) is 0 Å². The number of anilines is 1. The molecule has 0 radical (unpaired) electrons. The molecule has 0 bridgehead atoms. The summed E-state index contributed by atoms with van der Waals surface area (Å²) in [4.78, 5) is 33.6. The van der Waals surface area contributed by atoms with Gasteiger partial charge in [0.05, 0.1) is 24.8 Å². The standard InChI is InChI=1S/C23H30N2O4/c1-4-22-10-7-12-24-13-11-23(21(22)24)17-8-5-6-9-18(17)25(29-15(2)26)19(23)16(14-22)20(27)28-3/h5-6,8-9,16,19,21H,4,7,10-14H2,1-3H3. The Balaban J connectivity index is 1.76. The topological polar surface area (TPSA) is 59.1 Å². The molecule has 29 heavy (non-hydrogen) atoms. The van der Waals surface area contributed by atoms with Gasteiger partial charge in [0.15, 0.2) is 0 Å². The molecule has 0 N–H and O–H groups in total. The molecule has 5 atom stereocenters. The Morgan fingerprint density at radius 2 is 2.00 bits per heavy atom. The lowest BCUT2D eigenvalue weighted by molar-refractivity contribution is -0.161. The van der Waals surface area contributed by atoms with Gasteiger partial charge in [-0.15, -0.1) is 0 Å². The van der Waals surface area contributed by atoms with Crippen molar-refractivity contribution in [2.45, 2.75) is 63.5 Å². The lowest BCUT2D eigenvalue weighted by Gasteiger charge is -2.60. The Bertz CT molecular complexity index is 857. The SMILES string of the molecule is CCC12CCCN3CCC4(c5ccccc5N(OC(C)=O)C4C(C(=O)OC)C1)C32. The molecule has 6 heteroatoms. The Morgan fingerprint density at radius 1 is 1.21 bits per heavy atom. The number of esters is 1. The van der Waals surface area contributed by atoms with Crippen LogP contribution in [-0.2, 0) is 24.6 Å². The summed E-state index contributed by atoms with van der Waals surface area (Å²) < 4.78 is 5.30. The normalized spacial score (nSPS) is 37.5. The highest BCUT2D eigenvalue weighted by atomic mass is 16.7. The number of carbonyl (C=O) groups excluding carboxylic acids is 2. The summed E-state index contributed by atoms with van der Waals surface area (Å²) >= 11 is 0. The van der Waals surface area contributed by atoms with Crippen LogP contribution in [0.15, 0.2) is 24.3 Å². The van der Waals surface area contributed by atoms with Crippen molar-refractivity contribution in [2.75, 3.05) is 25.3 Å². The zero-order chi connectivity index (χ0) is 20.4. The van der Waals surface area contributed by atoms with E-state index in [1.54, 1.807) is 5.06 Å². The number of fused-ring (bicyclic) bond motifs is 1. The second-order valence-corrected chi connectivity index (χ2v) is 9.25. The van der Waals surface area contributed by atoms with Gasteiger partial charge >= 0.3 is 11.9 Å². The third kappa shape index (κ3) is 2.32. The highest BCUT2D eigenvalue weighted by Gasteiger charge is 2.72. The van der Waals surface area contributed by atoms with E-state index in [0.29, 0.717) is 6.04 Å². The molecule has 3 aliphatic heterocycles. The van der Waals surface area contributed by atoms with Gasteiger partial charge in [-0.1, -0.05) is 25.1 Å². The maximum Gasteiger partial charge on any atom is 0.329 e. The zero-order valence-electron chi connectivity index (χ0n) is 17.5. The lowest BCUT2D eigenvalue weighted by Crippen LogP contribution is -2.68. The maximum absolute atomic E-state index is 13.1. The van der Waals surface area contributed by atoms with Crippen molar-refractivity contribution in [3.63, 3.8) is 0 Å². The van der Waals surface area contributed by atoms with Crippen LogP contribution < -0.4 is 5.06 Å². The molecule has 6 nitrogen and oxygen atoms in total. The fraction of sp³-hybridized carbons (Fsp3) is 0.652. The quantitative estimate of drug-likeness (QED) is 0.730. The Kier molecular flexibility index (Phi) is 4.21. The van der Waals surface area contributed by atoms with E-state index in [1.165, 1.54) is 26.0 Å². The summed E-state index contributed by atoms with van der Waals surface area (Å²) in [5.74, 6) is -0.859. The number of carbonyl (C=O) groups is 2. The Labute approximate surface area is 172 Å². The predicted molar refractivity (Wildman–Crippen MR) is 108 cm³/mol. The first-order chi connectivity index (χ1) is 14.0. The van der Waals surface area contributed by atoms with Crippen molar-refractivity contribution >= 4 is 17.6 Å². The minimum atomic E-state index is -0.355. The van der Waals surface area contributed by atoms with Crippen LogP contribution in [0.3, 0.4) is 0 Å². The molecule has 1 aliphatic carbocycles. The van der Waals surface area contributed by atoms with Gasteiger partial charge in [0.25, 0.3) is 0 Å². The first kappa shape index (κ1) is 18.9. The van der Waals surface area contributed by atoms with Gasteiger partial charge in [-0.2, -0.15) is 0 Å². The molecular weight excluding hydrogens is 368 g/mol. The zero-order valence-corrected chi connectivity index (χ0v) is 17.5.